The van der Waals surface area contributed by atoms with Crippen LogP contribution in [0.1, 0.15) is 43.0 Å². The zero-order valence-electron chi connectivity index (χ0n) is 12.0. The molecule has 0 saturated carbocycles. The lowest BCUT2D eigenvalue weighted by atomic mass is 10.1. The molecule has 0 amide bonds. The molecule has 0 fully saturated rings. The molecule has 0 saturated heterocycles. The Kier molecular flexibility index (Phi) is 4.79. The van der Waals surface area contributed by atoms with Gasteiger partial charge in [-0.25, -0.2) is 0 Å². The van der Waals surface area contributed by atoms with Crippen LogP contribution in [0.15, 0.2) is 18.2 Å². The highest BCUT2D eigenvalue weighted by Crippen LogP contribution is 2.31. The summed E-state index contributed by atoms with van der Waals surface area (Å²) in [6.07, 6.45) is 2.50. The van der Waals surface area contributed by atoms with E-state index < -0.39 is 0 Å². The van der Waals surface area contributed by atoms with E-state index in [9.17, 15) is 0 Å². The number of rotatable bonds is 6. The predicted molar refractivity (Wildman–Crippen MR) is 78.0 cm³/mol. The van der Waals surface area contributed by atoms with Gasteiger partial charge in [0.15, 0.2) is 0 Å². The Labute approximate surface area is 111 Å². The molecule has 0 radical (unpaired) electrons. The van der Waals surface area contributed by atoms with Crippen LogP contribution in [0, 0.1) is 6.92 Å². The van der Waals surface area contributed by atoms with E-state index >= 15 is 0 Å². The van der Waals surface area contributed by atoms with Crippen molar-refractivity contribution in [3.05, 3.63) is 34.9 Å². The summed E-state index contributed by atoms with van der Waals surface area (Å²) >= 11 is 0. The topological polar surface area (TPSA) is 15.3 Å². The minimum absolute atomic E-state index is 0.579. The van der Waals surface area contributed by atoms with E-state index in [0.29, 0.717) is 6.04 Å². The van der Waals surface area contributed by atoms with Crippen molar-refractivity contribution in [1.29, 1.82) is 0 Å². The lowest BCUT2D eigenvalue weighted by molar-refractivity contribution is 0.296. The minimum atomic E-state index is 0.579. The highest BCUT2D eigenvalue weighted by molar-refractivity contribution is 5.37. The Morgan fingerprint density at radius 1 is 1.28 bits per heavy atom. The van der Waals surface area contributed by atoms with Gasteiger partial charge in [0.2, 0.25) is 0 Å². The molecular weight excluding hydrogens is 220 g/mol. The molecule has 1 unspecified atom stereocenters. The van der Waals surface area contributed by atoms with E-state index in [4.69, 9.17) is 0 Å². The van der Waals surface area contributed by atoms with Crippen LogP contribution < -0.4 is 5.32 Å². The van der Waals surface area contributed by atoms with Gasteiger partial charge in [-0.1, -0.05) is 37.6 Å². The van der Waals surface area contributed by atoms with E-state index in [1.54, 1.807) is 5.56 Å². The van der Waals surface area contributed by atoms with E-state index in [0.717, 1.165) is 26.2 Å². The lowest BCUT2D eigenvalue weighted by Gasteiger charge is -2.20. The largest absolute Gasteiger partial charge is 0.309 e. The smallest absolute Gasteiger partial charge is 0.0326 e. The Morgan fingerprint density at radius 2 is 2.06 bits per heavy atom. The van der Waals surface area contributed by atoms with Crippen molar-refractivity contribution in [2.24, 2.45) is 0 Å². The second-order valence-corrected chi connectivity index (χ2v) is 5.27. The third kappa shape index (κ3) is 3.12. The van der Waals surface area contributed by atoms with Crippen molar-refractivity contribution in [3.63, 3.8) is 0 Å². The molecule has 0 bridgehead atoms. The maximum atomic E-state index is 3.72. The van der Waals surface area contributed by atoms with E-state index in [1.807, 2.05) is 0 Å². The Bertz CT molecular complexity index is 383. The highest BCUT2D eigenvalue weighted by Gasteiger charge is 2.21. The van der Waals surface area contributed by atoms with Crippen LogP contribution in [0.4, 0.5) is 0 Å². The Hall–Kier alpha value is -0.860. The van der Waals surface area contributed by atoms with Crippen LogP contribution in [-0.4, -0.2) is 31.1 Å². The molecule has 0 heterocycles. The van der Waals surface area contributed by atoms with Crippen LogP contribution in [0.2, 0.25) is 0 Å². The number of nitrogens with one attached hydrogen (secondary N) is 1. The second kappa shape index (κ2) is 6.35. The van der Waals surface area contributed by atoms with Gasteiger partial charge in [0.25, 0.3) is 0 Å². The van der Waals surface area contributed by atoms with Crippen molar-refractivity contribution in [3.8, 4) is 0 Å². The van der Waals surface area contributed by atoms with E-state index in [1.165, 1.54) is 24.0 Å². The van der Waals surface area contributed by atoms with Crippen LogP contribution in [0.3, 0.4) is 0 Å². The van der Waals surface area contributed by atoms with Gasteiger partial charge in [0.1, 0.15) is 0 Å². The van der Waals surface area contributed by atoms with Crippen molar-refractivity contribution >= 4 is 0 Å². The SMILES string of the molecule is CCN(CC)CCNC1CCc2ccc(C)cc21. The highest BCUT2D eigenvalue weighted by atomic mass is 15.1. The summed E-state index contributed by atoms with van der Waals surface area (Å²) in [5.41, 5.74) is 4.46. The monoisotopic (exact) mass is 246 g/mol. The summed E-state index contributed by atoms with van der Waals surface area (Å²) in [4.78, 5) is 2.47. The summed E-state index contributed by atoms with van der Waals surface area (Å²) in [6, 6.07) is 7.47. The standard InChI is InChI=1S/C16H26N2/c1-4-18(5-2)11-10-17-16-9-8-14-7-6-13(3)12-15(14)16/h6-7,12,16-17H,4-5,8-11H2,1-3H3. The molecule has 0 spiro atoms. The average Bonchev–Trinajstić information content (AvgIpc) is 2.77. The van der Waals surface area contributed by atoms with Gasteiger partial charge < -0.3 is 10.2 Å². The van der Waals surface area contributed by atoms with Gasteiger partial charge in [-0.05, 0) is 44.0 Å². The maximum Gasteiger partial charge on any atom is 0.0326 e. The van der Waals surface area contributed by atoms with Crippen LogP contribution in [0.25, 0.3) is 0 Å². The molecule has 0 aromatic heterocycles. The second-order valence-electron chi connectivity index (χ2n) is 5.27. The van der Waals surface area contributed by atoms with Crippen molar-refractivity contribution < 1.29 is 0 Å². The molecule has 1 aromatic carbocycles. The first kappa shape index (κ1) is 13.6. The van der Waals surface area contributed by atoms with Gasteiger partial charge >= 0.3 is 0 Å². The van der Waals surface area contributed by atoms with E-state index in [2.05, 4.69) is 49.2 Å². The molecule has 2 rings (SSSR count). The third-order valence-electron chi connectivity index (χ3n) is 4.09. The van der Waals surface area contributed by atoms with E-state index in [-0.39, 0.29) is 0 Å². The minimum Gasteiger partial charge on any atom is -0.309 e. The summed E-state index contributed by atoms with van der Waals surface area (Å²) in [5.74, 6) is 0. The first-order valence-corrected chi connectivity index (χ1v) is 7.29. The first-order chi connectivity index (χ1) is 8.74. The number of hydrogen-bond donors (Lipinski definition) is 1. The fraction of sp³-hybridized carbons (Fsp3) is 0.625. The van der Waals surface area contributed by atoms with Crippen LogP contribution >= 0.6 is 0 Å². The summed E-state index contributed by atoms with van der Waals surface area (Å²) in [6.45, 7) is 11.2. The first-order valence-electron chi connectivity index (χ1n) is 7.29. The predicted octanol–water partition coefficient (Wildman–Crippen LogP) is 2.91. The number of nitrogens with zero attached hydrogens (tertiary/aromatic N) is 1. The summed E-state index contributed by atoms with van der Waals surface area (Å²) in [7, 11) is 0. The summed E-state index contributed by atoms with van der Waals surface area (Å²) in [5, 5.41) is 3.72. The van der Waals surface area contributed by atoms with Crippen molar-refractivity contribution in [1.82, 2.24) is 10.2 Å². The zero-order chi connectivity index (χ0) is 13.0. The fourth-order valence-electron chi connectivity index (χ4n) is 2.87. The van der Waals surface area contributed by atoms with Gasteiger partial charge in [-0.2, -0.15) is 0 Å². The number of likely N-dealkylation sites (N-methyl/N-ethyl adjacent to an activating group) is 1. The van der Waals surface area contributed by atoms with Gasteiger partial charge in [0.05, 0.1) is 0 Å². The zero-order valence-corrected chi connectivity index (χ0v) is 12.0. The molecule has 1 aromatic rings. The van der Waals surface area contributed by atoms with Gasteiger partial charge in [-0.3, -0.25) is 0 Å². The Balaban J connectivity index is 1.88. The number of fused-ring (bicyclic) bond motifs is 1. The van der Waals surface area contributed by atoms with Crippen molar-refractivity contribution in [2.75, 3.05) is 26.2 Å². The quantitative estimate of drug-likeness (QED) is 0.830. The van der Waals surface area contributed by atoms with Crippen molar-refractivity contribution in [2.45, 2.75) is 39.7 Å². The molecule has 1 atom stereocenters. The molecule has 0 aliphatic heterocycles. The lowest BCUT2D eigenvalue weighted by Crippen LogP contribution is -2.33. The van der Waals surface area contributed by atoms with Gasteiger partial charge in [0, 0.05) is 19.1 Å². The maximum absolute atomic E-state index is 3.72. The molecule has 18 heavy (non-hydrogen) atoms. The molecule has 1 aliphatic rings. The molecule has 2 nitrogen and oxygen atoms in total. The average molecular weight is 246 g/mol. The molecule has 100 valence electrons. The normalized spacial score (nSPS) is 18.3. The number of hydrogen-bond acceptors (Lipinski definition) is 2. The molecule has 1 N–H and O–H groups in total. The number of aryl methyl sites for hydroxylation is 2. The molecular formula is C16H26N2. The fourth-order valence-corrected chi connectivity index (χ4v) is 2.87. The third-order valence-corrected chi connectivity index (χ3v) is 4.09. The van der Waals surface area contributed by atoms with Crippen LogP contribution in [0.5, 0.6) is 0 Å². The molecule has 2 heteroatoms. The van der Waals surface area contributed by atoms with Crippen LogP contribution in [-0.2, 0) is 6.42 Å². The van der Waals surface area contributed by atoms with Gasteiger partial charge in [-0.15, -0.1) is 0 Å². The Morgan fingerprint density at radius 3 is 2.78 bits per heavy atom. The summed E-state index contributed by atoms with van der Waals surface area (Å²) < 4.78 is 0. The molecule has 1 aliphatic carbocycles. The number of benzene rings is 1.